The molecule has 0 bridgehead atoms. The van der Waals surface area contributed by atoms with Crippen LogP contribution in [0.2, 0.25) is 0 Å². The molecule has 12 nitrogen and oxygen atoms in total. The topological polar surface area (TPSA) is 152 Å². The summed E-state index contributed by atoms with van der Waals surface area (Å²) in [5, 5.41) is 18.0. The van der Waals surface area contributed by atoms with Crippen molar-refractivity contribution in [2.75, 3.05) is 39.9 Å². The van der Waals surface area contributed by atoms with Crippen LogP contribution in [0, 0.1) is 0 Å². The third-order valence-electron chi connectivity index (χ3n) is 7.53. The zero-order chi connectivity index (χ0) is 29.1. The van der Waals surface area contributed by atoms with E-state index in [0.29, 0.717) is 44.7 Å². The van der Waals surface area contributed by atoms with E-state index in [0.717, 1.165) is 5.69 Å². The summed E-state index contributed by atoms with van der Waals surface area (Å²) in [6.07, 6.45) is 3.97. The summed E-state index contributed by atoms with van der Waals surface area (Å²) in [5.74, 6) is 0.345. The first-order valence-electron chi connectivity index (χ1n) is 13.4. The first-order valence-corrected chi connectivity index (χ1v) is 16.3. The van der Waals surface area contributed by atoms with Gasteiger partial charge in [-0.2, -0.15) is 9.40 Å². The van der Waals surface area contributed by atoms with Gasteiger partial charge in [0.05, 0.1) is 35.2 Å². The van der Waals surface area contributed by atoms with E-state index in [1.807, 2.05) is 30.3 Å². The van der Waals surface area contributed by atoms with Crippen LogP contribution in [0.5, 0.6) is 5.75 Å². The lowest BCUT2D eigenvalue weighted by atomic mass is 9.88. The van der Waals surface area contributed by atoms with Crippen LogP contribution in [0.1, 0.15) is 19.3 Å². The third-order valence-corrected chi connectivity index (χ3v) is 10.8. The molecule has 0 aliphatic carbocycles. The number of piperidine rings is 1. The highest BCUT2D eigenvalue weighted by molar-refractivity contribution is 7.89. The first kappa shape index (κ1) is 29.6. The Morgan fingerprint density at radius 3 is 2.59 bits per heavy atom. The standard InChI is InChI=1S/C27H35N5O7S2/c1-28-40(34,35)25-9-5-8-24(14-25)38-20-23(33)16-29-21-15-27(39-19-21)10-12-31(13-11-27)41(36,37)26-17-30-32(18-26)22-6-3-2-4-7-22/h2-9,14,17-18,21,23,28-29,33H,10-13,15-16,19-20H2,1H3/t21?,23-/m0/s1. The van der Waals surface area contributed by atoms with Gasteiger partial charge in [0.25, 0.3) is 0 Å². The van der Waals surface area contributed by atoms with E-state index in [9.17, 15) is 21.9 Å². The number of rotatable bonds is 11. The number of aromatic nitrogens is 2. The van der Waals surface area contributed by atoms with Crippen LogP contribution in [0.3, 0.4) is 0 Å². The lowest BCUT2D eigenvalue weighted by molar-refractivity contribution is -0.0312. The summed E-state index contributed by atoms with van der Waals surface area (Å²) in [4.78, 5) is 0.246. The molecule has 2 aromatic carbocycles. The van der Waals surface area contributed by atoms with Gasteiger partial charge in [-0.1, -0.05) is 24.3 Å². The Morgan fingerprint density at radius 1 is 1.10 bits per heavy atom. The quantitative estimate of drug-likeness (QED) is 0.292. The summed E-state index contributed by atoms with van der Waals surface area (Å²) in [6, 6.07) is 15.4. The molecule has 1 unspecified atom stereocenters. The molecular formula is C27H35N5O7S2. The number of hydrogen-bond donors (Lipinski definition) is 3. The minimum atomic E-state index is -3.68. The molecule has 14 heteroatoms. The number of para-hydroxylation sites is 1. The molecule has 0 amide bonds. The summed E-state index contributed by atoms with van der Waals surface area (Å²) in [7, 11) is -5.93. The van der Waals surface area contributed by atoms with Crippen molar-refractivity contribution < 1.29 is 31.4 Å². The molecule has 222 valence electrons. The largest absolute Gasteiger partial charge is 0.491 e. The van der Waals surface area contributed by atoms with Crippen LogP contribution in [-0.4, -0.2) is 93.7 Å². The minimum absolute atomic E-state index is 0.0115. The molecule has 0 saturated carbocycles. The predicted molar refractivity (Wildman–Crippen MR) is 151 cm³/mol. The van der Waals surface area contributed by atoms with Gasteiger partial charge in [0.1, 0.15) is 23.4 Å². The van der Waals surface area contributed by atoms with Crippen molar-refractivity contribution in [2.45, 2.75) is 46.8 Å². The highest BCUT2D eigenvalue weighted by Gasteiger charge is 2.45. The predicted octanol–water partition coefficient (Wildman–Crippen LogP) is 1.12. The van der Waals surface area contributed by atoms with Crippen LogP contribution in [0.4, 0.5) is 0 Å². The Balaban J connectivity index is 1.08. The van der Waals surface area contributed by atoms with E-state index in [-0.39, 0.29) is 29.0 Å². The van der Waals surface area contributed by atoms with Crippen LogP contribution < -0.4 is 14.8 Å². The van der Waals surface area contributed by atoms with E-state index in [1.54, 1.807) is 16.8 Å². The SMILES string of the molecule is CNS(=O)(=O)c1cccc(OC[C@@H](O)CNC2COC3(CCN(S(=O)(=O)c4cnn(-c5ccccc5)c4)CC3)C2)c1. The van der Waals surface area contributed by atoms with Gasteiger partial charge < -0.3 is 19.9 Å². The zero-order valence-electron chi connectivity index (χ0n) is 22.7. The summed E-state index contributed by atoms with van der Waals surface area (Å²) >= 11 is 0. The molecule has 41 heavy (non-hydrogen) atoms. The van der Waals surface area contributed by atoms with Crippen LogP contribution in [0.15, 0.2) is 76.8 Å². The van der Waals surface area contributed by atoms with Gasteiger partial charge in [-0.05, 0) is 50.6 Å². The third kappa shape index (κ3) is 6.80. The van der Waals surface area contributed by atoms with E-state index >= 15 is 0 Å². The number of ether oxygens (including phenoxy) is 2. The average Bonchev–Trinajstić information content (AvgIpc) is 3.64. The second-order valence-corrected chi connectivity index (χ2v) is 14.1. The normalized spacial score (nSPS) is 20.3. The summed E-state index contributed by atoms with van der Waals surface area (Å²) < 4.78 is 67.6. The number of aliphatic hydroxyl groups is 1. The number of benzene rings is 2. The van der Waals surface area contributed by atoms with Gasteiger partial charge >= 0.3 is 0 Å². The van der Waals surface area contributed by atoms with Crippen LogP contribution in [0.25, 0.3) is 5.69 Å². The average molecular weight is 606 g/mol. The number of nitrogens with one attached hydrogen (secondary N) is 2. The Kier molecular flexibility index (Phi) is 8.80. The van der Waals surface area contributed by atoms with Gasteiger partial charge in [0, 0.05) is 31.7 Å². The van der Waals surface area contributed by atoms with Crippen LogP contribution >= 0.6 is 0 Å². The van der Waals surface area contributed by atoms with Crippen molar-refractivity contribution in [3.63, 3.8) is 0 Å². The molecule has 3 N–H and O–H groups in total. The maximum absolute atomic E-state index is 13.3. The van der Waals surface area contributed by atoms with Crippen molar-refractivity contribution in [1.29, 1.82) is 0 Å². The van der Waals surface area contributed by atoms with Crippen LogP contribution in [-0.2, 0) is 24.8 Å². The minimum Gasteiger partial charge on any atom is -0.491 e. The Bertz CT molecular complexity index is 1540. The Labute approximate surface area is 240 Å². The Hall–Kier alpha value is -2.85. The monoisotopic (exact) mass is 605 g/mol. The number of aliphatic hydroxyl groups excluding tert-OH is 1. The van der Waals surface area contributed by atoms with E-state index < -0.39 is 31.8 Å². The van der Waals surface area contributed by atoms with E-state index in [2.05, 4.69) is 15.1 Å². The van der Waals surface area contributed by atoms with Crippen molar-refractivity contribution in [3.05, 3.63) is 67.0 Å². The van der Waals surface area contributed by atoms with Gasteiger partial charge in [-0.25, -0.2) is 26.2 Å². The highest BCUT2D eigenvalue weighted by atomic mass is 32.2. The lowest BCUT2D eigenvalue weighted by Crippen LogP contribution is -2.47. The number of sulfonamides is 2. The van der Waals surface area contributed by atoms with Crippen molar-refractivity contribution in [2.24, 2.45) is 0 Å². The zero-order valence-corrected chi connectivity index (χ0v) is 24.4. The van der Waals surface area contributed by atoms with Gasteiger partial charge in [0.15, 0.2) is 0 Å². The summed E-state index contributed by atoms with van der Waals surface area (Å²) in [6.45, 7) is 1.43. The molecular weight excluding hydrogens is 570 g/mol. The molecule has 2 aliphatic heterocycles. The van der Waals surface area contributed by atoms with Crippen molar-refractivity contribution in [3.8, 4) is 11.4 Å². The van der Waals surface area contributed by atoms with Gasteiger partial charge in [-0.15, -0.1) is 0 Å². The smallest absolute Gasteiger partial charge is 0.246 e. The fraction of sp³-hybridized carbons (Fsp3) is 0.444. The fourth-order valence-corrected chi connectivity index (χ4v) is 7.31. The van der Waals surface area contributed by atoms with E-state index in [1.165, 1.54) is 35.9 Å². The van der Waals surface area contributed by atoms with E-state index in [4.69, 9.17) is 9.47 Å². The molecule has 3 aromatic rings. The second-order valence-electron chi connectivity index (χ2n) is 10.3. The molecule has 2 saturated heterocycles. The lowest BCUT2D eigenvalue weighted by Gasteiger charge is -2.37. The molecule has 1 aromatic heterocycles. The molecule has 1 spiro atoms. The number of hydrogen-bond acceptors (Lipinski definition) is 9. The fourth-order valence-electron chi connectivity index (χ4n) is 5.17. The maximum Gasteiger partial charge on any atom is 0.246 e. The molecule has 2 aliphatic rings. The maximum atomic E-state index is 13.3. The van der Waals surface area contributed by atoms with Gasteiger partial charge in [-0.3, -0.25) is 0 Å². The molecule has 2 fully saturated rings. The highest BCUT2D eigenvalue weighted by Crippen LogP contribution is 2.37. The Morgan fingerprint density at radius 2 is 1.85 bits per heavy atom. The van der Waals surface area contributed by atoms with Gasteiger partial charge in [0.2, 0.25) is 20.0 Å². The molecule has 2 atom stereocenters. The van der Waals surface area contributed by atoms with Crippen molar-refractivity contribution in [1.82, 2.24) is 24.1 Å². The number of nitrogens with zero attached hydrogens (tertiary/aromatic N) is 3. The summed E-state index contributed by atoms with van der Waals surface area (Å²) in [5.41, 5.74) is 0.383. The molecule has 3 heterocycles. The first-order chi connectivity index (χ1) is 19.6. The van der Waals surface area contributed by atoms with Crippen molar-refractivity contribution >= 4 is 20.0 Å². The molecule has 0 radical (unpaired) electrons. The second kappa shape index (κ2) is 12.2. The molecule has 5 rings (SSSR count).